The summed E-state index contributed by atoms with van der Waals surface area (Å²) in [5.74, 6) is 2.17. The molecular formula is C11H14N2OS. The summed E-state index contributed by atoms with van der Waals surface area (Å²) in [6.07, 6.45) is 5.34. The van der Waals surface area contributed by atoms with E-state index in [1.807, 2.05) is 19.1 Å². The zero-order valence-corrected chi connectivity index (χ0v) is 9.43. The number of hydrogen-bond acceptors (Lipinski definition) is 3. The average molecular weight is 222 g/mol. The van der Waals surface area contributed by atoms with Gasteiger partial charge in [0.1, 0.15) is 0 Å². The van der Waals surface area contributed by atoms with Crippen molar-refractivity contribution in [2.75, 3.05) is 0 Å². The fraction of sp³-hybridized carbons (Fsp3) is 0.364. The molecule has 0 aliphatic carbocycles. The highest BCUT2D eigenvalue weighted by molar-refractivity contribution is 7.11. The molecule has 1 heterocycles. The number of terminal acetylenes is 1. The van der Waals surface area contributed by atoms with Crippen LogP contribution in [0.2, 0.25) is 0 Å². The van der Waals surface area contributed by atoms with Crippen molar-refractivity contribution in [1.82, 2.24) is 5.32 Å². The van der Waals surface area contributed by atoms with Crippen molar-refractivity contribution < 1.29 is 4.79 Å². The van der Waals surface area contributed by atoms with E-state index in [1.165, 1.54) is 4.88 Å². The molecular weight excluding hydrogens is 208 g/mol. The highest BCUT2D eigenvalue weighted by atomic mass is 32.1. The summed E-state index contributed by atoms with van der Waals surface area (Å²) in [5.41, 5.74) is 5.55. The quantitative estimate of drug-likeness (QED) is 0.747. The molecule has 80 valence electrons. The van der Waals surface area contributed by atoms with Gasteiger partial charge in [0, 0.05) is 16.2 Å². The third-order valence-electron chi connectivity index (χ3n) is 1.91. The topological polar surface area (TPSA) is 55.1 Å². The second-order valence-electron chi connectivity index (χ2n) is 3.24. The lowest BCUT2D eigenvalue weighted by Crippen LogP contribution is -2.39. The number of nitrogens with two attached hydrogens (primary N) is 1. The first-order valence-corrected chi connectivity index (χ1v) is 5.47. The van der Waals surface area contributed by atoms with Crippen molar-refractivity contribution in [3.8, 4) is 12.3 Å². The van der Waals surface area contributed by atoms with E-state index in [9.17, 15) is 4.79 Å². The number of carbonyl (C=O) groups is 1. The molecule has 1 aromatic rings. The molecule has 1 atom stereocenters. The first-order chi connectivity index (χ1) is 7.13. The maximum atomic E-state index is 11.4. The Kier molecular flexibility index (Phi) is 4.35. The van der Waals surface area contributed by atoms with Gasteiger partial charge in [-0.1, -0.05) is 0 Å². The van der Waals surface area contributed by atoms with Crippen LogP contribution >= 0.6 is 11.3 Å². The second-order valence-corrected chi connectivity index (χ2v) is 4.62. The Balaban J connectivity index is 2.38. The molecule has 15 heavy (non-hydrogen) atoms. The summed E-state index contributed by atoms with van der Waals surface area (Å²) < 4.78 is 0. The van der Waals surface area contributed by atoms with E-state index in [-0.39, 0.29) is 12.3 Å². The van der Waals surface area contributed by atoms with Gasteiger partial charge in [-0.15, -0.1) is 23.7 Å². The van der Waals surface area contributed by atoms with Gasteiger partial charge in [0.05, 0.1) is 12.6 Å². The van der Waals surface area contributed by atoms with E-state index >= 15 is 0 Å². The normalized spacial score (nSPS) is 11.8. The minimum Gasteiger partial charge on any atom is -0.350 e. The number of nitrogens with one attached hydrogen (secondary N) is 1. The summed E-state index contributed by atoms with van der Waals surface area (Å²) in [6.45, 7) is 2.55. The molecule has 0 saturated heterocycles. The second kappa shape index (κ2) is 5.54. The number of rotatable bonds is 4. The molecule has 0 fully saturated rings. The Bertz CT molecular complexity index is 378. The number of carbonyl (C=O) groups excluding carboxylic acids is 1. The number of hydrogen-bond donors (Lipinski definition) is 2. The van der Waals surface area contributed by atoms with Crippen LogP contribution in [-0.4, -0.2) is 11.9 Å². The van der Waals surface area contributed by atoms with E-state index in [0.717, 1.165) is 4.88 Å². The van der Waals surface area contributed by atoms with Crippen LogP contribution in [0.4, 0.5) is 0 Å². The summed E-state index contributed by atoms with van der Waals surface area (Å²) in [7, 11) is 0. The van der Waals surface area contributed by atoms with Crippen LogP contribution < -0.4 is 11.1 Å². The van der Waals surface area contributed by atoms with Gasteiger partial charge < -0.3 is 11.1 Å². The molecule has 3 nitrogen and oxygen atoms in total. The van der Waals surface area contributed by atoms with Gasteiger partial charge in [-0.3, -0.25) is 4.79 Å². The zero-order chi connectivity index (χ0) is 11.3. The Morgan fingerprint density at radius 3 is 3.00 bits per heavy atom. The molecule has 1 amide bonds. The maximum Gasteiger partial charge on any atom is 0.238 e. The summed E-state index contributed by atoms with van der Waals surface area (Å²) in [5, 5.41) is 2.75. The van der Waals surface area contributed by atoms with Gasteiger partial charge in [-0.2, -0.15) is 0 Å². The Morgan fingerprint density at radius 2 is 2.47 bits per heavy atom. The fourth-order valence-electron chi connectivity index (χ4n) is 1.11. The molecule has 0 spiro atoms. The van der Waals surface area contributed by atoms with Crippen LogP contribution in [-0.2, 0) is 11.3 Å². The van der Waals surface area contributed by atoms with Gasteiger partial charge >= 0.3 is 0 Å². The molecule has 1 rings (SSSR count). The average Bonchev–Trinajstić information content (AvgIpc) is 2.61. The monoisotopic (exact) mass is 222 g/mol. The van der Waals surface area contributed by atoms with E-state index in [1.54, 1.807) is 11.3 Å². The highest BCUT2D eigenvalue weighted by Gasteiger charge is 2.11. The van der Waals surface area contributed by atoms with Crippen molar-refractivity contribution >= 4 is 17.2 Å². The largest absolute Gasteiger partial charge is 0.350 e. The van der Waals surface area contributed by atoms with E-state index in [2.05, 4.69) is 11.2 Å². The molecule has 4 heteroatoms. The highest BCUT2D eigenvalue weighted by Crippen LogP contribution is 2.14. The summed E-state index contributed by atoms with van der Waals surface area (Å²) >= 11 is 1.66. The van der Waals surface area contributed by atoms with Crippen LogP contribution in [0, 0.1) is 19.3 Å². The molecule has 0 aliphatic heterocycles. The predicted molar refractivity (Wildman–Crippen MR) is 62.3 cm³/mol. The predicted octanol–water partition coefficient (Wildman–Crippen LogP) is 1.02. The lowest BCUT2D eigenvalue weighted by Gasteiger charge is -2.08. The van der Waals surface area contributed by atoms with Crippen LogP contribution in [0.5, 0.6) is 0 Å². The van der Waals surface area contributed by atoms with E-state index in [0.29, 0.717) is 6.54 Å². The van der Waals surface area contributed by atoms with Gasteiger partial charge in [-0.25, -0.2) is 0 Å². The first kappa shape index (κ1) is 11.8. The van der Waals surface area contributed by atoms with E-state index < -0.39 is 6.04 Å². The van der Waals surface area contributed by atoms with Crippen LogP contribution in [0.25, 0.3) is 0 Å². The van der Waals surface area contributed by atoms with Gasteiger partial charge in [0.2, 0.25) is 5.91 Å². The third kappa shape index (κ3) is 3.74. The standard InChI is InChI=1S/C11H14N2OS/c1-3-4-10(12)11(14)13-7-9-6-5-8(2)15-9/h1,5-6,10H,4,7,12H2,2H3,(H,13,14). The molecule has 0 aromatic carbocycles. The SMILES string of the molecule is C#CCC(N)C(=O)NCc1ccc(C)s1. The Labute approximate surface area is 93.7 Å². The maximum absolute atomic E-state index is 11.4. The summed E-state index contributed by atoms with van der Waals surface area (Å²) in [6, 6.07) is 3.41. The van der Waals surface area contributed by atoms with Crippen LogP contribution in [0.1, 0.15) is 16.2 Å². The van der Waals surface area contributed by atoms with Crippen molar-refractivity contribution in [2.45, 2.75) is 25.9 Å². The van der Waals surface area contributed by atoms with Crippen LogP contribution in [0.3, 0.4) is 0 Å². The zero-order valence-electron chi connectivity index (χ0n) is 8.62. The van der Waals surface area contributed by atoms with Crippen molar-refractivity contribution in [2.24, 2.45) is 5.73 Å². The van der Waals surface area contributed by atoms with Crippen molar-refractivity contribution in [3.63, 3.8) is 0 Å². The van der Waals surface area contributed by atoms with Crippen LogP contribution in [0.15, 0.2) is 12.1 Å². The van der Waals surface area contributed by atoms with Gasteiger partial charge in [0.15, 0.2) is 0 Å². The first-order valence-electron chi connectivity index (χ1n) is 4.65. The fourth-order valence-corrected chi connectivity index (χ4v) is 1.94. The number of amides is 1. The molecule has 0 radical (unpaired) electrons. The molecule has 3 N–H and O–H groups in total. The molecule has 0 aliphatic rings. The van der Waals surface area contributed by atoms with Gasteiger partial charge in [-0.05, 0) is 19.1 Å². The minimum atomic E-state index is -0.601. The molecule has 0 bridgehead atoms. The third-order valence-corrected chi connectivity index (χ3v) is 2.91. The summed E-state index contributed by atoms with van der Waals surface area (Å²) in [4.78, 5) is 13.7. The van der Waals surface area contributed by atoms with Crippen molar-refractivity contribution in [1.29, 1.82) is 0 Å². The lowest BCUT2D eigenvalue weighted by atomic mass is 10.2. The van der Waals surface area contributed by atoms with Gasteiger partial charge in [0.25, 0.3) is 0 Å². The molecule has 1 unspecified atom stereocenters. The smallest absolute Gasteiger partial charge is 0.238 e. The number of thiophene rings is 1. The lowest BCUT2D eigenvalue weighted by molar-refractivity contribution is -0.122. The Hall–Kier alpha value is -1.31. The number of aryl methyl sites for hydroxylation is 1. The molecule has 0 saturated carbocycles. The van der Waals surface area contributed by atoms with Crippen molar-refractivity contribution in [3.05, 3.63) is 21.9 Å². The Morgan fingerprint density at radius 1 is 1.73 bits per heavy atom. The van der Waals surface area contributed by atoms with E-state index in [4.69, 9.17) is 12.2 Å². The minimum absolute atomic E-state index is 0.195. The molecule has 1 aromatic heterocycles.